The molecule has 1 heterocycles. The molecule has 0 N–H and O–H groups in total. The highest BCUT2D eigenvalue weighted by atomic mass is 35.5. The number of carbonyl (C=O) groups excluding carboxylic acids is 1. The van der Waals surface area contributed by atoms with Crippen molar-refractivity contribution < 1.29 is 14.6 Å². The summed E-state index contributed by atoms with van der Waals surface area (Å²) in [6.45, 7) is 0.900. The Morgan fingerprint density at radius 2 is 2.24 bits per heavy atom. The third kappa shape index (κ3) is 2.28. The number of carboxylic acid groups (broad SMARTS) is 1. The van der Waals surface area contributed by atoms with Gasteiger partial charge in [0, 0.05) is 29.6 Å². The molecule has 1 aromatic carbocycles. The first kappa shape index (κ1) is 12.0. The van der Waals surface area contributed by atoms with Crippen LogP contribution in [0.3, 0.4) is 0 Å². The normalized spacial score (nSPS) is 10.9. The zero-order chi connectivity index (χ0) is 12.4. The highest BCUT2D eigenvalue weighted by Gasteiger charge is 2.09. The van der Waals surface area contributed by atoms with Crippen LogP contribution in [0, 0.1) is 0 Å². The largest absolute Gasteiger partial charge is 0.543 e. The number of carbonyl (C=O) groups is 1. The van der Waals surface area contributed by atoms with Crippen molar-refractivity contribution in [2.75, 3.05) is 13.7 Å². The summed E-state index contributed by atoms with van der Waals surface area (Å²) in [6.07, 6.45) is 0. The molecule has 0 aliphatic carbocycles. The lowest BCUT2D eigenvalue weighted by atomic mass is 10.2. The van der Waals surface area contributed by atoms with Gasteiger partial charge in [-0.25, -0.2) is 0 Å². The molecule has 0 fully saturated rings. The van der Waals surface area contributed by atoms with E-state index in [9.17, 15) is 9.90 Å². The quantitative estimate of drug-likeness (QED) is 0.824. The second-order valence-electron chi connectivity index (χ2n) is 3.66. The SMILES string of the molecule is COCCn1c(C(=O)[O-])cc2cc(Cl)ccc21. The van der Waals surface area contributed by atoms with E-state index in [1.807, 2.05) is 0 Å². The van der Waals surface area contributed by atoms with Crippen molar-refractivity contribution in [3.63, 3.8) is 0 Å². The number of aromatic carboxylic acids is 1. The van der Waals surface area contributed by atoms with Gasteiger partial charge in [-0.1, -0.05) is 11.6 Å². The fourth-order valence-electron chi connectivity index (χ4n) is 1.83. The Morgan fingerprint density at radius 3 is 2.88 bits per heavy atom. The number of benzene rings is 1. The van der Waals surface area contributed by atoms with Crippen LogP contribution in [0.5, 0.6) is 0 Å². The van der Waals surface area contributed by atoms with E-state index >= 15 is 0 Å². The van der Waals surface area contributed by atoms with Gasteiger partial charge in [-0.15, -0.1) is 0 Å². The molecule has 2 rings (SSSR count). The fourth-order valence-corrected chi connectivity index (χ4v) is 2.01. The summed E-state index contributed by atoms with van der Waals surface area (Å²) in [5.41, 5.74) is 0.949. The predicted molar refractivity (Wildman–Crippen MR) is 63.2 cm³/mol. The van der Waals surface area contributed by atoms with Crippen LogP contribution in [0.4, 0.5) is 0 Å². The smallest absolute Gasteiger partial charge is 0.0880 e. The molecule has 4 nitrogen and oxygen atoms in total. The molecule has 0 unspecified atom stereocenters. The van der Waals surface area contributed by atoms with Gasteiger partial charge in [-0.2, -0.15) is 0 Å². The molecule has 0 bridgehead atoms. The number of ether oxygens (including phenoxy) is 1. The van der Waals surface area contributed by atoms with Crippen molar-refractivity contribution >= 4 is 28.5 Å². The lowest BCUT2D eigenvalue weighted by Gasteiger charge is -2.10. The molecule has 0 saturated carbocycles. The Hall–Kier alpha value is -1.52. The maximum absolute atomic E-state index is 11.0. The zero-order valence-corrected chi connectivity index (χ0v) is 10.0. The standard InChI is InChI=1S/C12H12ClNO3/c1-17-5-4-14-10-3-2-9(13)6-8(10)7-11(14)12(15)16/h2-3,6-7H,4-5H2,1H3,(H,15,16)/p-1. The summed E-state index contributed by atoms with van der Waals surface area (Å²) >= 11 is 5.87. The summed E-state index contributed by atoms with van der Waals surface area (Å²) in [5, 5.41) is 12.4. The molecule has 0 amide bonds. The molecule has 0 aliphatic heterocycles. The van der Waals surface area contributed by atoms with Gasteiger partial charge in [0.2, 0.25) is 0 Å². The van der Waals surface area contributed by atoms with Crippen LogP contribution in [0.1, 0.15) is 10.5 Å². The Kier molecular flexibility index (Phi) is 3.36. The number of hydrogen-bond acceptors (Lipinski definition) is 3. The van der Waals surface area contributed by atoms with Crippen LogP contribution >= 0.6 is 11.6 Å². The Balaban J connectivity index is 2.58. The summed E-state index contributed by atoms with van der Waals surface area (Å²) in [7, 11) is 1.57. The average Bonchev–Trinajstić information content (AvgIpc) is 2.64. The molecule has 2 aromatic rings. The number of rotatable bonds is 4. The van der Waals surface area contributed by atoms with Gasteiger partial charge in [-0.3, -0.25) is 0 Å². The molecule has 0 spiro atoms. The minimum absolute atomic E-state index is 0.138. The van der Waals surface area contributed by atoms with E-state index in [4.69, 9.17) is 16.3 Å². The highest BCUT2D eigenvalue weighted by Crippen LogP contribution is 2.23. The lowest BCUT2D eigenvalue weighted by molar-refractivity contribution is -0.255. The van der Waals surface area contributed by atoms with E-state index in [0.29, 0.717) is 18.2 Å². The third-order valence-electron chi connectivity index (χ3n) is 2.59. The molecule has 1 aromatic heterocycles. The van der Waals surface area contributed by atoms with Crippen LogP contribution in [0.15, 0.2) is 24.3 Å². The van der Waals surface area contributed by atoms with Crippen LogP contribution in [0.25, 0.3) is 10.9 Å². The first-order valence-electron chi connectivity index (χ1n) is 5.12. The molecule has 0 saturated heterocycles. The van der Waals surface area contributed by atoms with Crippen molar-refractivity contribution in [3.05, 3.63) is 35.0 Å². The summed E-state index contributed by atoms with van der Waals surface area (Å²) in [5.74, 6) is -1.20. The number of carboxylic acids is 1. The van der Waals surface area contributed by atoms with Crippen LogP contribution in [0.2, 0.25) is 5.02 Å². The summed E-state index contributed by atoms with van der Waals surface area (Å²) in [4.78, 5) is 11.0. The molecule has 90 valence electrons. The summed E-state index contributed by atoms with van der Waals surface area (Å²) in [6, 6.07) is 6.81. The number of methoxy groups -OCH3 is 1. The maximum atomic E-state index is 11.0. The zero-order valence-electron chi connectivity index (χ0n) is 9.27. The minimum atomic E-state index is -1.20. The molecule has 0 aliphatic rings. The van der Waals surface area contributed by atoms with Gasteiger partial charge < -0.3 is 19.2 Å². The Bertz CT molecular complexity index is 562. The molecular formula is C12H11ClNO3-. The second kappa shape index (κ2) is 4.77. The number of fused-ring (bicyclic) bond motifs is 1. The molecule has 5 heteroatoms. The highest BCUT2D eigenvalue weighted by molar-refractivity contribution is 6.31. The van der Waals surface area contributed by atoms with Crippen molar-refractivity contribution in [2.24, 2.45) is 0 Å². The number of aromatic nitrogens is 1. The Morgan fingerprint density at radius 1 is 1.47 bits per heavy atom. The number of nitrogens with zero attached hydrogens (tertiary/aromatic N) is 1. The van der Waals surface area contributed by atoms with Crippen molar-refractivity contribution in [3.8, 4) is 0 Å². The molecule has 0 radical (unpaired) electrons. The average molecular weight is 253 g/mol. The topological polar surface area (TPSA) is 54.3 Å². The van der Waals surface area contributed by atoms with Crippen LogP contribution in [-0.4, -0.2) is 24.3 Å². The number of hydrogen-bond donors (Lipinski definition) is 0. The van der Waals surface area contributed by atoms with Gasteiger partial charge >= 0.3 is 0 Å². The Labute approximate surface area is 103 Å². The number of halogens is 1. The van der Waals surface area contributed by atoms with E-state index in [-0.39, 0.29) is 5.69 Å². The molecule has 0 atom stereocenters. The maximum Gasteiger partial charge on any atom is 0.0880 e. The third-order valence-corrected chi connectivity index (χ3v) is 2.83. The first-order valence-corrected chi connectivity index (χ1v) is 5.50. The molecule has 17 heavy (non-hydrogen) atoms. The van der Waals surface area contributed by atoms with Gasteiger partial charge in [0.1, 0.15) is 0 Å². The van der Waals surface area contributed by atoms with Gasteiger partial charge in [0.05, 0.1) is 18.3 Å². The van der Waals surface area contributed by atoms with E-state index < -0.39 is 5.97 Å². The van der Waals surface area contributed by atoms with E-state index in [1.54, 1.807) is 35.9 Å². The summed E-state index contributed by atoms with van der Waals surface area (Å²) < 4.78 is 6.62. The van der Waals surface area contributed by atoms with Gasteiger partial charge in [0.25, 0.3) is 0 Å². The van der Waals surface area contributed by atoms with E-state index in [1.165, 1.54) is 0 Å². The van der Waals surface area contributed by atoms with E-state index in [0.717, 1.165) is 10.9 Å². The van der Waals surface area contributed by atoms with Crippen LogP contribution < -0.4 is 5.11 Å². The predicted octanol–water partition coefficient (Wildman–Crippen LogP) is 1.30. The van der Waals surface area contributed by atoms with Gasteiger partial charge in [0.15, 0.2) is 0 Å². The van der Waals surface area contributed by atoms with Crippen molar-refractivity contribution in [2.45, 2.75) is 6.54 Å². The van der Waals surface area contributed by atoms with Crippen LogP contribution in [-0.2, 0) is 11.3 Å². The van der Waals surface area contributed by atoms with E-state index in [2.05, 4.69) is 0 Å². The second-order valence-corrected chi connectivity index (χ2v) is 4.10. The molecular weight excluding hydrogens is 242 g/mol. The monoisotopic (exact) mass is 252 g/mol. The van der Waals surface area contributed by atoms with Crippen molar-refractivity contribution in [1.29, 1.82) is 0 Å². The lowest BCUT2D eigenvalue weighted by Crippen LogP contribution is -2.26. The van der Waals surface area contributed by atoms with Gasteiger partial charge in [-0.05, 0) is 24.3 Å². The minimum Gasteiger partial charge on any atom is -0.543 e. The first-order chi connectivity index (χ1) is 8.13. The fraction of sp³-hybridized carbons (Fsp3) is 0.250. The van der Waals surface area contributed by atoms with Crippen molar-refractivity contribution in [1.82, 2.24) is 4.57 Å².